The minimum Gasteiger partial charge on any atom is -0.362 e. The highest BCUT2D eigenvalue weighted by molar-refractivity contribution is 7.80. The van der Waals surface area contributed by atoms with E-state index in [9.17, 15) is 10.1 Å². The number of rotatable bonds is 4. The Bertz CT molecular complexity index is 404. The van der Waals surface area contributed by atoms with E-state index in [0.29, 0.717) is 11.0 Å². The Morgan fingerprint density at radius 2 is 2.00 bits per heavy atom. The molecule has 0 aliphatic carbocycles. The molecule has 6 heteroatoms. The molecule has 0 aromatic heterocycles. The summed E-state index contributed by atoms with van der Waals surface area (Å²) >= 11 is 5.08. The molecule has 0 bridgehead atoms. The number of benzene rings is 1. The minimum atomic E-state index is -0.431. The molecular weight excluding hydrogens is 238 g/mol. The lowest BCUT2D eigenvalue weighted by Gasteiger charge is -2.11. The second-order valence-electron chi connectivity index (χ2n) is 4.03. The summed E-state index contributed by atoms with van der Waals surface area (Å²) in [4.78, 5) is 10.0. The van der Waals surface area contributed by atoms with Gasteiger partial charge in [-0.3, -0.25) is 10.1 Å². The van der Waals surface area contributed by atoms with Gasteiger partial charge in [0.2, 0.25) is 0 Å². The fourth-order valence-corrected chi connectivity index (χ4v) is 1.34. The molecule has 17 heavy (non-hydrogen) atoms. The lowest BCUT2D eigenvalue weighted by atomic mass is 10.2. The number of nitro benzene ring substituents is 1. The average molecular weight is 253 g/mol. The molecule has 0 saturated carbocycles. The Balaban J connectivity index is 2.51. The molecule has 2 N–H and O–H groups in total. The number of hydrogen-bond acceptors (Lipinski definition) is 3. The molecule has 0 radical (unpaired) electrons. The zero-order chi connectivity index (χ0) is 12.8. The first-order valence-corrected chi connectivity index (χ1v) is 5.69. The number of nitro groups is 1. The third-order valence-corrected chi connectivity index (χ3v) is 2.25. The van der Waals surface area contributed by atoms with Crippen LogP contribution < -0.4 is 10.6 Å². The van der Waals surface area contributed by atoms with Crippen LogP contribution in [0.1, 0.15) is 13.8 Å². The van der Waals surface area contributed by atoms with E-state index in [1.54, 1.807) is 12.1 Å². The highest BCUT2D eigenvalue weighted by Gasteiger charge is 2.04. The number of hydrogen-bond donors (Lipinski definition) is 2. The minimum absolute atomic E-state index is 0.0663. The van der Waals surface area contributed by atoms with Crippen molar-refractivity contribution in [1.29, 1.82) is 0 Å². The van der Waals surface area contributed by atoms with E-state index in [0.717, 1.165) is 12.2 Å². The van der Waals surface area contributed by atoms with Gasteiger partial charge in [0.15, 0.2) is 5.11 Å². The lowest BCUT2D eigenvalue weighted by molar-refractivity contribution is -0.384. The zero-order valence-electron chi connectivity index (χ0n) is 9.77. The number of non-ortho nitro benzene ring substituents is 1. The van der Waals surface area contributed by atoms with E-state index >= 15 is 0 Å². The summed E-state index contributed by atoms with van der Waals surface area (Å²) < 4.78 is 0. The Hall–Kier alpha value is -1.69. The van der Waals surface area contributed by atoms with Gasteiger partial charge >= 0.3 is 0 Å². The number of nitrogens with zero attached hydrogens (tertiary/aromatic N) is 1. The van der Waals surface area contributed by atoms with Crippen LogP contribution in [0.25, 0.3) is 0 Å². The third-order valence-electron chi connectivity index (χ3n) is 2.01. The Labute approximate surface area is 105 Å². The van der Waals surface area contributed by atoms with E-state index in [1.807, 2.05) is 0 Å². The van der Waals surface area contributed by atoms with E-state index in [1.165, 1.54) is 12.1 Å². The molecule has 0 aliphatic rings. The summed E-state index contributed by atoms with van der Waals surface area (Å²) in [6.45, 7) is 4.96. The van der Waals surface area contributed by atoms with Crippen LogP contribution in [-0.4, -0.2) is 16.6 Å². The van der Waals surface area contributed by atoms with Crippen molar-refractivity contribution in [3.8, 4) is 0 Å². The van der Waals surface area contributed by atoms with Gasteiger partial charge in [0, 0.05) is 24.4 Å². The zero-order valence-corrected chi connectivity index (χ0v) is 10.6. The summed E-state index contributed by atoms with van der Waals surface area (Å²) in [6, 6.07) is 6.13. The van der Waals surface area contributed by atoms with Crippen LogP contribution in [0.3, 0.4) is 0 Å². The third kappa shape index (κ3) is 4.78. The summed E-state index contributed by atoms with van der Waals surface area (Å²) in [5, 5.41) is 17.0. The maximum atomic E-state index is 10.5. The van der Waals surface area contributed by atoms with Gasteiger partial charge in [0.05, 0.1) is 4.92 Å². The molecule has 1 rings (SSSR count). The van der Waals surface area contributed by atoms with Crippen LogP contribution >= 0.6 is 12.2 Å². The van der Waals surface area contributed by atoms with Crippen molar-refractivity contribution < 1.29 is 4.92 Å². The van der Waals surface area contributed by atoms with Crippen molar-refractivity contribution in [2.75, 3.05) is 11.9 Å². The van der Waals surface area contributed by atoms with E-state index in [2.05, 4.69) is 24.5 Å². The van der Waals surface area contributed by atoms with Crippen molar-refractivity contribution >= 4 is 28.7 Å². The molecule has 0 spiro atoms. The standard InChI is InChI=1S/C11H15N3O2S/c1-8(2)7-12-11(17)13-9-3-5-10(6-4-9)14(15)16/h3-6,8H,7H2,1-2H3,(H2,12,13,17). The number of anilines is 1. The molecule has 1 aromatic carbocycles. The topological polar surface area (TPSA) is 67.2 Å². The monoisotopic (exact) mass is 253 g/mol. The Morgan fingerprint density at radius 1 is 1.41 bits per heavy atom. The van der Waals surface area contributed by atoms with Gasteiger partial charge in [-0.1, -0.05) is 13.8 Å². The molecule has 1 aromatic rings. The van der Waals surface area contributed by atoms with Crippen LogP contribution in [0.2, 0.25) is 0 Å². The van der Waals surface area contributed by atoms with Crippen molar-refractivity contribution in [3.63, 3.8) is 0 Å². The van der Waals surface area contributed by atoms with Crippen molar-refractivity contribution in [2.24, 2.45) is 5.92 Å². The molecule has 0 unspecified atom stereocenters. The smallest absolute Gasteiger partial charge is 0.269 e. The first-order chi connectivity index (χ1) is 7.99. The van der Waals surface area contributed by atoms with Gasteiger partial charge in [0.1, 0.15) is 0 Å². The highest BCUT2D eigenvalue weighted by atomic mass is 32.1. The number of nitrogens with one attached hydrogen (secondary N) is 2. The van der Waals surface area contributed by atoms with Crippen LogP contribution in [-0.2, 0) is 0 Å². The predicted molar refractivity (Wildman–Crippen MR) is 72.2 cm³/mol. The van der Waals surface area contributed by atoms with Crippen LogP contribution in [0.15, 0.2) is 24.3 Å². The Kier molecular flexibility index (Phi) is 4.84. The summed E-state index contributed by atoms with van der Waals surface area (Å²) in [7, 11) is 0. The fraction of sp³-hybridized carbons (Fsp3) is 0.364. The van der Waals surface area contributed by atoms with Crippen LogP contribution in [0, 0.1) is 16.0 Å². The largest absolute Gasteiger partial charge is 0.362 e. The van der Waals surface area contributed by atoms with E-state index in [-0.39, 0.29) is 5.69 Å². The number of thiocarbonyl (C=S) groups is 1. The first kappa shape index (κ1) is 13.4. The van der Waals surface area contributed by atoms with Gasteiger partial charge < -0.3 is 10.6 Å². The first-order valence-electron chi connectivity index (χ1n) is 5.28. The molecule has 0 atom stereocenters. The molecule has 0 heterocycles. The molecule has 92 valence electrons. The summed E-state index contributed by atoms with van der Waals surface area (Å²) in [5.41, 5.74) is 0.800. The van der Waals surface area contributed by atoms with Crippen molar-refractivity contribution in [2.45, 2.75) is 13.8 Å². The van der Waals surface area contributed by atoms with Gasteiger partial charge in [-0.2, -0.15) is 0 Å². The second-order valence-corrected chi connectivity index (χ2v) is 4.44. The predicted octanol–water partition coefficient (Wildman–Crippen LogP) is 2.54. The van der Waals surface area contributed by atoms with Crippen molar-refractivity contribution in [1.82, 2.24) is 5.32 Å². The lowest BCUT2D eigenvalue weighted by Crippen LogP contribution is -2.31. The van der Waals surface area contributed by atoms with Crippen LogP contribution in [0.4, 0.5) is 11.4 Å². The molecular formula is C11H15N3O2S. The van der Waals surface area contributed by atoms with Crippen molar-refractivity contribution in [3.05, 3.63) is 34.4 Å². The maximum Gasteiger partial charge on any atom is 0.269 e. The normalized spacial score (nSPS) is 10.1. The molecule has 0 fully saturated rings. The van der Waals surface area contributed by atoms with Gasteiger partial charge in [-0.15, -0.1) is 0 Å². The van der Waals surface area contributed by atoms with Gasteiger partial charge in [-0.25, -0.2) is 0 Å². The SMILES string of the molecule is CC(C)CNC(=S)Nc1ccc([N+](=O)[O-])cc1. The second kappa shape index (κ2) is 6.15. The van der Waals surface area contributed by atoms with Gasteiger partial charge in [0.25, 0.3) is 5.69 Å². The molecule has 0 amide bonds. The Morgan fingerprint density at radius 3 is 2.47 bits per heavy atom. The summed E-state index contributed by atoms with van der Waals surface area (Å²) in [6.07, 6.45) is 0. The quantitative estimate of drug-likeness (QED) is 0.490. The summed E-state index contributed by atoms with van der Waals surface area (Å²) in [5.74, 6) is 0.506. The molecule has 5 nitrogen and oxygen atoms in total. The average Bonchev–Trinajstić information content (AvgIpc) is 2.27. The van der Waals surface area contributed by atoms with E-state index in [4.69, 9.17) is 12.2 Å². The van der Waals surface area contributed by atoms with Crippen LogP contribution in [0.5, 0.6) is 0 Å². The fourth-order valence-electron chi connectivity index (χ4n) is 1.14. The van der Waals surface area contributed by atoms with E-state index < -0.39 is 4.92 Å². The molecule has 0 aliphatic heterocycles. The van der Waals surface area contributed by atoms with Gasteiger partial charge in [-0.05, 0) is 30.3 Å². The maximum absolute atomic E-state index is 10.5. The molecule has 0 saturated heterocycles. The highest BCUT2D eigenvalue weighted by Crippen LogP contribution is 2.15.